The number of hydrogen-bond acceptors (Lipinski definition) is 7. The topological polar surface area (TPSA) is 115 Å². The third-order valence-electron chi connectivity index (χ3n) is 6.97. The largest absolute Gasteiger partial charge is 0.291 e. The minimum Gasteiger partial charge on any atom is -0.291 e. The summed E-state index contributed by atoms with van der Waals surface area (Å²) in [7, 11) is 0. The van der Waals surface area contributed by atoms with Gasteiger partial charge in [-0.1, -0.05) is 69.7 Å². The number of unbranched alkanes of at least 4 members (excludes halogenated alkanes) is 1. The van der Waals surface area contributed by atoms with Crippen molar-refractivity contribution >= 4 is 5.78 Å². The molecule has 1 fully saturated rings. The highest BCUT2D eigenvalue weighted by molar-refractivity contribution is 5.92. The molecule has 1 aromatic carbocycles. The Morgan fingerprint density at radius 1 is 1.08 bits per heavy atom. The lowest BCUT2D eigenvalue weighted by atomic mass is 9.86. The van der Waals surface area contributed by atoms with Crippen molar-refractivity contribution in [2.45, 2.75) is 71.3 Å². The Hall–Kier alpha value is -3.75. The normalized spacial score (nSPS) is 14.2. The standard InChI is InChI=1S/C27H32N8O/c1-2-3-9-25-29-27(24(36)16-19-7-5-4-6-8-19)32-35(25)18-20-10-12-21(13-11-20)22-14-15-28-17-23(22)26-30-33-34-31-26/h10-15,17,19H,2-9,16,18H2,1H3,(H,30,31,33,34). The minimum absolute atomic E-state index is 0.0841. The second kappa shape index (κ2) is 11.3. The number of aryl methyl sites for hydroxylation is 1. The molecule has 0 atom stereocenters. The first-order valence-corrected chi connectivity index (χ1v) is 13.0. The summed E-state index contributed by atoms with van der Waals surface area (Å²) in [5.74, 6) is 2.42. The summed E-state index contributed by atoms with van der Waals surface area (Å²) in [6, 6.07) is 10.3. The molecule has 4 aromatic rings. The maximum absolute atomic E-state index is 13.0. The number of pyridine rings is 1. The number of rotatable bonds is 10. The Labute approximate surface area is 210 Å². The summed E-state index contributed by atoms with van der Waals surface area (Å²) < 4.78 is 1.91. The maximum atomic E-state index is 13.0. The molecule has 9 heteroatoms. The number of hydrogen-bond donors (Lipinski definition) is 1. The van der Waals surface area contributed by atoms with E-state index in [1.54, 1.807) is 12.4 Å². The Kier molecular flexibility index (Phi) is 7.54. The molecule has 36 heavy (non-hydrogen) atoms. The van der Waals surface area contributed by atoms with Crippen LogP contribution in [0, 0.1) is 5.92 Å². The van der Waals surface area contributed by atoms with E-state index < -0.39 is 0 Å². The highest BCUT2D eigenvalue weighted by Gasteiger charge is 2.22. The smallest absolute Gasteiger partial charge is 0.217 e. The molecule has 0 radical (unpaired) electrons. The maximum Gasteiger partial charge on any atom is 0.217 e. The molecule has 1 saturated carbocycles. The van der Waals surface area contributed by atoms with Gasteiger partial charge in [-0.25, -0.2) is 14.8 Å². The van der Waals surface area contributed by atoms with E-state index in [2.05, 4.69) is 66.9 Å². The van der Waals surface area contributed by atoms with Gasteiger partial charge in [-0.15, -0.1) is 10.2 Å². The lowest BCUT2D eigenvalue weighted by molar-refractivity contribution is 0.0939. The molecule has 0 aliphatic heterocycles. The fraction of sp³-hybridized carbons (Fsp3) is 0.444. The van der Waals surface area contributed by atoms with Crippen molar-refractivity contribution in [1.29, 1.82) is 0 Å². The van der Waals surface area contributed by atoms with Crippen LogP contribution >= 0.6 is 0 Å². The van der Waals surface area contributed by atoms with Crippen LogP contribution in [-0.4, -0.2) is 46.2 Å². The average Bonchev–Trinajstić information content (AvgIpc) is 3.59. The van der Waals surface area contributed by atoms with Gasteiger partial charge in [-0.3, -0.25) is 9.78 Å². The van der Waals surface area contributed by atoms with E-state index in [0.717, 1.165) is 60.2 Å². The van der Waals surface area contributed by atoms with Crippen LogP contribution in [0.3, 0.4) is 0 Å². The van der Waals surface area contributed by atoms with E-state index in [0.29, 0.717) is 30.5 Å². The minimum atomic E-state index is 0.0841. The Morgan fingerprint density at radius 3 is 2.67 bits per heavy atom. The van der Waals surface area contributed by atoms with Gasteiger partial charge in [0.1, 0.15) is 5.82 Å². The van der Waals surface area contributed by atoms with Crippen LogP contribution in [0.15, 0.2) is 42.7 Å². The number of carbonyl (C=O) groups excluding carboxylic acids is 1. The zero-order valence-corrected chi connectivity index (χ0v) is 20.7. The molecule has 3 aromatic heterocycles. The van der Waals surface area contributed by atoms with Crippen LogP contribution in [0.2, 0.25) is 0 Å². The molecule has 0 spiro atoms. The number of ketones is 1. The Morgan fingerprint density at radius 2 is 1.92 bits per heavy atom. The van der Waals surface area contributed by atoms with Gasteiger partial charge in [-0.2, -0.15) is 0 Å². The van der Waals surface area contributed by atoms with Crippen LogP contribution < -0.4 is 0 Å². The van der Waals surface area contributed by atoms with E-state index >= 15 is 0 Å². The van der Waals surface area contributed by atoms with Crippen molar-refractivity contribution in [3.8, 4) is 22.5 Å². The number of benzene rings is 1. The molecule has 186 valence electrons. The first-order valence-electron chi connectivity index (χ1n) is 13.0. The highest BCUT2D eigenvalue weighted by Crippen LogP contribution is 2.29. The summed E-state index contributed by atoms with van der Waals surface area (Å²) in [5, 5.41) is 18.9. The van der Waals surface area contributed by atoms with E-state index in [1.165, 1.54) is 19.3 Å². The number of tetrazole rings is 1. The van der Waals surface area contributed by atoms with Gasteiger partial charge in [0.2, 0.25) is 11.6 Å². The number of Topliss-reactive ketones (excluding diaryl/α,β-unsaturated/α-hetero) is 1. The second-order valence-corrected chi connectivity index (χ2v) is 9.61. The van der Waals surface area contributed by atoms with Crippen LogP contribution in [0.25, 0.3) is 22.5 Å². The third kappa shape index (κ3) is 5.56. The van der Waals surface area contributed by atoms with Crippen molar-refractivity contribution in [3.05, 3.63) is 59.9 Å². The monoisotopic (exact) mass is 484 g/mol. The summed E-state index contributed by atoms with van der Waals surface area (Å²) in [6.07, 6.45) is 13.0. The van der Waals surface area contributed by atoms with Crippen molar-refractivity contribution in [3.63, 3.8) is 0 Å². The van der Waals surface area contributed by atoms with E-state index in [-0.39, 0.29) is 5.78 Å². The van der Waals surface area contributed by atoms with Crippen molar-refractivity contribution < 1.29 is 4.79 Å². The number of H-pyrrole nitrogens is 1. The van der Waals surface area contributed by atoms with Gasteiger partial charge < -0.3 is 0 Å². The van der Waals surface area contributed by atoms with Gasteiger partial charge in [0.05, 0.1) is 6.54 Å². The van der Waals surface area contributed by atoms with Crippen molar-refractivity contribution in [2.24, 2.45) is 5.92 Å². The molecular weight excluding hydrogens is 452 g/mol. The van der Waals surface area contributed by atoms with Crippen molar-refractivity contribution in [1.82, 2.24) is 40.4 Å². The number of carbonyl (C=O) groups is 1. The van der Waals surface area contributed by atoms with Crippen LogP contribution in [0.5, 0.6) is 0 Å². The Bertz CT molecular complexity index is 1270. The lowest BCUT2D eigenvalue weighted by Gasteiger charge is -2.19. The van der Waals surface area contributed by atoms with Gasteiger partial charge in [0.15, 0.2) is 5.82 Å². The summed E-state index contributed by atoms with van der Waals surface area (Å²) in [5.41, 5.74) is 3.98. The molecule has 1 aliphatic rings. The number of nitrogens with zero attached hydrogens (tertiary/aromatic N) is 7. The van der Waals surface area contributed by atoms with Gasteiger partial charge in [0.25, 0.3) is 0 Å². The fourth-order valence-electron chi connectivity index (χ4n) is 4.95. The lowest BCUT2D eigenvalue weighted by Crippen LogP contribution is -2.13. The first-order chi connectivity index (χ1) is 17.7. The molecule has 1 N–H and O–H groups in total. The molecule has 5 rings (SSSR count). The van der Waals surface area contributed by atoms with Gasteiger partial charge >= 0.3 is 0 Å². The van der Waals surface area contributed by atoms with Gasteiger partial charge in [0, 0.05) is 30.8 Å². The molecule has 0 bridgehead atoms. The molecule has 0 amide bonds. The van der Waals surface area contributed by atoms with Crippen molar-refractivity contribution in [2.75, 3.05) is 0 Å². The summed E-state index contributed by atoms with van der Waals surface area (Å²) in [4.78, 5) is 21.9. The summed E-state index contributed by atoms with van der Waals surface area (Å²) >= 11 is 0. The first kappa shape index (κ1) is 24.0. The average molecular weight is 485 g/mol. The molecule has 3 heterocycles. The molecule has 0 unspecified atom stereocenters. The highest BCUT2D eigenvalue weighted by atomic mass is 16.1. The van der Waals surface area contributed by atoms with Gasteiger partial charge in [-0.05, 0) is 45.5 Å². The quantitative estimate of drug-likeness (QED) is 0.313. The number of aromatic amines is 1. The van der Waals surface area contributed by atoms with Crippen LogP contribution in [0.4, 0.5) is 0 Å². The molecule has 0 saturated heterocycles. The van der Waals surface area contributed by atoms with E-state index in [4.69, 9.17) is 0 Å². The number of nitrogens with one attached hydrogen (secondary N) is 1. The van der Waals surface area contributed by atoms with E-state index in [1.807, 2.05) is 10.7 Å². The molecule has 1 aliphatic carbocycles. The SMILES string of the molecule is CCCCc1nc(C(=O)CC2CCCCC2)nn1Cc1ccc(-c2ccncc2-c2nnn[nH]2)cc1. The zero-order valence-electron chi connectivity index (χ0n) is 20.7. The van der Waals surface area contributed by atoms with E-state index in [9.17, 15) is 4.79 Å². The van der Waals surface area contributed by atoms with Crippen LogP contribution in [-0.2, 0) is 13.0 Å². The predicted molar refractivity (Wildman–Crippen MR) is 136 cm³/mol. The fourth-order valence-corrected chi connectivity index (χ4v) is 4.95. The third-order valence-corrected chi connectivity index (χ3v) is 6.97. The molecule has 9 nitrogen and oxygen atoms in total. The summed E-state index contributed by atoms with van der Waals surface area (Å²) in [6.45, 7) is 2.75. The van der Waals surface area contributed by atoms with Crippen LogP contribution in [0.1, 0.15) is 80.3 Å². The predicted octanol–water partition coefficient (Wildman–Crippen LogP) is 5.06. The zero-order chi connectivity index (χ0) is 24.7. The molecular formula is C27H32N8O. The Balaban J connectivity index is 1.34. The number of aromatic nitrogens is 8. The second-order valence-electron chi connectivity index (χ2n) is 9.61.